The molecule has 168 valence electrons. The van der Waals surface area contributed by atoms with Crippen LogP contribution >= 0.6 is 0 Å². The van der Waals surface area contributed by atoms with Crippen LogP contribution < -0.4 is 5.32 Å². The van der Waals surface area contributed by atoms with Crippen LogP contribution in [0.5, 0.6) is 0 Å². The third-order valence-corrected chi connectivity index (χ3v) is 7.20. The Morgan fingerprint density at radius 1 is 1.25 bits per heavy atom. The Kier molecular flexibility index (Phi) is 5.07. The molecule has 0 spiro atoms. The zero-order valence-corrected chi connectivity index (χ0v) is 18.4. The first kappa shape index (κ1) is 20.8. The molecule has 1 aliphatic carbocycles. The lowest BCUT2D eigenvalue weighted by Crippen LogP contribution is -2.65. The van der Waals surface area contributed by atoms with Gasteiger partial charge in [0.05, 0.1) is 18.3 Å². The van der Waals surface area contributed by atoms with Crippen LogP contribution in [0.1, 0.15) is 55.6 Å². The van der Waals surface area contributed by atoms with Gasteiger partial charge in [0.15, 0.2) is 5.58 Å². The van der Waals surface area contributed by atoms with Gasteiger partial charge in [-0.15, -0.1) is 0 Å². The fourth-order valence-electron chi connectivity index (χ4n) is 5.19. The monoisotopic (exact) mass is 437 g/mol. The van der Waals surface area contributed by atoms with E-state index in [1.54, 1.807) is 29.4 Å². The number of hydrogen-bond acceptors (Lipinski definition) is 3. The lowest BCUT2D eigenvalue weighted by atomic mass is 9.85. The SMILES string of the molecule is C[C@@H]1CCCC[C@@H]1NC(=O)[C@]1(C)Cn2c(cc3occc32)C(=O)N1Cc1cccc(F)c1. The molecule has 7 heteroatoms. The largest absolute Gasteiger partial charge is 0.463 e. The maximum Gasteiger partial charge on any atom is 0.271 e. The minimum atomic E-state index is -1.13. The van der Waals surface area contributed by atoms with Crippen molar-refractivity contribution >= 4 is 22.9 Å². The summed E-state index contributed by atoms with van der Waals surface area (Å²) in [6.07, 6.45) is 5.89. The molecule has 6 nitrogen and oxygen atoms in total. The fraction of sp³-hybridized carbons (Fsp3) is 0.440. The zero-order valence-electron chi connectivity index (χ0n) is 18.4. The summed E-state index contributed by atoms with van der Waals surface area (Å²) in [4.78, 5) is 29.0. The molecule has 1 N–H and O–H groups in total. The molecule has 2 amide bonds. The highest BCUT2D eigenvalue weighted by Crippen LogP contribution is 2.34. The molecule has 0 saturated heterocycles. The Bertz CT molecular complexity index is 1180. The minimum absolute atomic E-state index is 0.0965. The molecule has 3 heterocycles. The molecule has 3 atom stereocenters. The number of aromatic nitrogens is 1. The highest BCUT2D eigenvalue weighted by molar-refractivity contribution is 6.02. The molecule has 1 aromatic carbocycles. The maximum atomic E-state index is 13.9. The average Bonchev–Trinajstić information content (AvgIpc) is 3.35. The zero-order chi connectivity index (χ0) is 22.5. The van der Waals surface area contributed by atoms with Crippen LogP contribution in [0.2, 0.25) is 0 Å². The summed E-state index contributed by atoms with van der Waals surface area (Å²) in [6, 6.07) is 9.81. The predicted molar refractivity (Wildman–Crippen MR) is 118 cm³/mol. The number of nitrogens with zero attached hydrogens (tertiary/aromatic N) is 2. The van der Waals surface area contributed by atoms with E-state index in [1.807, 2.05) is 17.6 Å². The summed E-state index contributed by atoms with van der Waals surface area (Å²) < 4.78 is 21.2. The van der Waals surface area contributed by atoms with E-state index in [4.69, 9.17) is 4.42 Å². The summed E-state index contributed by atoms with van der Waals surface area (Å²) >= 11 is 0. The molecule has 0 radical (unpaired) electrons. The number of carbonyl (C=O) groups excluding carboxylic acids is 2. The van der Waals surface area contributed by atoms with Gasteiger partial charge in [0.1, 0.15) is 17.1 Å². The molecule has 0 bridgehead atoms. The highest BCUT2D eigenvalue weighted by Gasteiger charge is 2.48. The van der Waals surface area contributed by atoms with Crippen molar-refractivity contribution in [1.82, 2.24) is 14.8 Å². The lowest BCUT2D eigenvalue weighted by molar-refractivity contribution is -0.134. The summed E-state index contributed by atoms with van der Waals surface area (Å²) in [5, 5.41) is 3.25. The minimum Gasteiger partial charge on any atom is -0.463 e. The van der Waals surface area contributed by atoms with Crippen LogP contribution in [-0.2, 0) is 17.9 Å². The van der Waals surface area contributed by atoms with E-state index in [1.165, 1.54) is 18.6 Å². The first-order chi connectivity index (χ1) is 15.4. The molecule has 3 aromatic rings. The summed E-state index contributed by atoms with van der Waals surface area (Å²) in [7, 11) is 0. The van der Waals surface area contributed by atoms with Gasteiger partial charge < -0.3 is 19.2 Å². The van der Waals surface area contributed by atoms with Crippen LogP contribution in [0.3, 0.4) is 0 Å². The molecule has 2 aromatic heterocycles. The molecule has 1 saturated carbocycles. The second kappa shape index (κ2) is 7.80. The first-order valence-electron chi connectivity index (χ1n) is 11.3. The summed E-state index contributed by atoms with van der Waals surface area (Å²) in [5.41, 5.74) is 1.41. The fourth-order valence-corrected chi connectivity index (χ4v) is 5.19. The van der Waals surface area contributed by atoms with Crippen molar-refractivity contribution in [3.63, 3.8) is 0 Å². The van der Waals surface area contributed by atoms with Crippen LogP contribution in [0.4, 0.5) is 4.39 Å². The average molecular weight is 438 g/mol. The number of fused-ring (bicyclic) bond motifs is 3. The molecular formula is C25H28FN3O3. The van der Waals surface area contributed by atoms with Crippen molar-refractivity contribution in [3.8, 4) is 0 Å². The van der Waals surface area contributed by atoms with E-state index >= 15 is 0 Å². The van der Waals surface area contributed by atoms with Gasteiger partial charge in [0.2, 0.25) is 5.91 Å². The van der Waals surface area contributed by atoms with Gasteiger partial charge >= 0.3 is 0 Å². The predicted octanol–water partition coefficient (Wildman–Crippen LogP) is 4.48. The summed E-state index contributed by atoms with van der Waals surface area (Å²) in [5.74, 6) is -0.400. The van der Waals surface area contributed by atoms with Gasteiger partial charge in [-0.25, -0.2) is 4.39 Å². The molecule has 1 fully saturated rings. The van der Waals surface area contributed by atoms with Crippen molar-refractivity contribution in [2.24, 2.45) is 5.92 Å². The molecule has 2 aliphatic rings. The molecule has 32 heavy (non-hydrogen) atoms. The normalized spacial score (nSPS) is 25.7. The van der Waals surface area contributed by atoms with Gasteiger partial charge in [-0.3, -0.25) is 9.59 Å². The van der Waals surface area contributed by atoms with Crippen LogP contribution in [0, 0.1) is 11.7 Å². The van der Waals surface area contributed by atoms with Crippen LogP contribution in [0.25, 0.3) is 11.1 Å². The Labute approximate surface area is 186 Å². The molecule has 1 aliphatic heterocycles. The van der Waals surface area contributed by atoms with Crippen molar-refractivity contribution in [3.05, 3.63) is 59.7 Å². The number of halogens is 1. The van der Waals surface area contributed by atoms with Gasteiger partial charge in [-0.1, -0.05) is 31.9 Å². The van der Waals surface area contributed by atoms with Gasteiger partial charge in [0, 0.05) is 24.7 Å². The Morgan fingerprint density at radius 2 is 2.06 bits per heavy atom. The lowest BCUT2D eigenvalue weighted by Gasteiger charge is -2.45. The number of rotatable bonds is 4. The number of amides is 2. The first-order valence-corrected chi connectivity index (χ1v) is 11.3. The number of nitrogens with one attached hydrogen (secondary N) is 1. The Balaban J connectivity index is 1.53. The smallest absolute Gasteiger partial charge is 0.271 e. The maximum absolute atomic E-state index is 13.9. The van der Waals surface area contributed by atoms with Crippen molar-refractivity contribution in [2.45, 2.75) is 64.2 Å². The van der Waals surface area contributed by atoms with Crippen LogP contribution in [0.15, 0.2) is 47.1 Å². The standard InChI is InChI=1S/C25H28FN3O3/c1-16-6-3-4-9-19(16)27-24(31)25(2)15-28-20-10-11-32-22(20)13-21(28)23(30)29(25)14-17-7-5-8-18(26)12-17/h5,7-8,10-13,16,19H,3-4,6,9,14-15H2,1-2H3,(H,27,31)/t16-,19+,25+/m1/s1. The quantitative estimate of drug-likeness (QED) is 0.654. The van der Waals surface area contributed by atoms with Crippen molar-refractivity contribution in [2.75, 3.05) is 0 Å². The third-order valence-electron chi connectivity index (χ3n) is 7.20. The van der Waals surface area contributed by atoms with Gasteiger partial charge in [0.25, 0.3) is 5.91 Å². The number of furan rings is 1. The van der Waals surface area contributed by atoms with Crippen molar-refractivity contribution < 1.29 is 18.4 Å². The van der Waals surface area contributed by atoms with E-state index < -0.39 is 5.54 Å². The Morgan fingerprint density at radius 3 is 2.84 bits per heavy atom. The Hall–Kier alpha value is -3.09. The van der Waals surface area contributed by atoms with E-state index in [0.717, 1.165) is 24.8 Å². The van der Waals surface area contributed by atoms with Crippen molar-refractivity contribution in [1.29, 1.82) is 0 Å². The molecule has 5 rings (SSSR count). The highest BCUT2D eigenvalue weighted by atomic mass is 19.1. The van der Waals surface area contributed by atoms with Gasteiger partial charge in [-0.2, -0.15) is 0 Å². The summed E-state index contributed by atoms with van der Waals surface area (Å²) in [6.45, 7) is 4.43. The van der Waals surface area contributed by atoms with E-state index in [0.29, 0.717) is 29.3 Å². The van der Waals surface area contributed by atoms with E-state index in [9.17, 15) is 14.0 Å². The van der Waals surface area contributed by atoms with E-state index in [2.05, 4.69) is 12.2 Å². The number of carbonyl (C=O) groups is 2. The topological polar surface area (TPSA) is 67.5 Å². The second-order valence-corrected chi connectivity index (χ2v) is 9.42. The van der Waals surface area contributed by atoms with Gasteiger partial charge in [-0.05, 0) is 43.4 Å². The second-order valence-electron chi connectivity index (χ2n) is 9.42. The molecule has 0 unspecified atom stereocenters. The third kappa shape index (κ3) is 3.40. The number of hydrogen-bond donors (Lipinski definition) is 1. The van der Waals surface area contributed by atoms with E-state index in [-0.39, 0.29) is 30.2 Å². The molecular weight excluding hydrogens is 409 g/mol. The number of benzene rings is 1. The van der Waals surface area contributed by atoms with Crippen LogP contribution in [-0.4, -0.2) is 32.9 Å².